The van der Waals surface area contributed by atoms with Gasteiger partial charge in [0.2, 0.25) is 10.0 Å². The molecule has 1 atom stereocenters. The van der Waals surface area contributed by atoms with Crippen molar-refractivity contribution in [2.24, 2.45) is 0 Å². The summed E-state index contributed by atoms with van der Waals surface area (Å²) in [6, 6.07) is 7.64. The molecule has 0 N–H and O–H groups in total. The molecule has 0 radical (unpaired) electrons. The van der Waals surface area contributed by atoms with Gasteiger partial charge >= 0.3 is 0 Å². The molecule has 0 unspecified atom stereocenters. The lowest BCUT2D eigenvalue weighted by Gasteiger charge is -2.33. The lowest BCUT2D eigenvalue weighted by Crippen LogP contribution is -2.43. The molecule has 2 aliphatic rings. The van der Waals surface area contributed by atoms with Gasteiger partial charge in [-0.15, -0.1) is 0 Å². The lowest BCUT2D eigenvalue weighted by atomic mass is 10.1. The van der Waals surface area contributed by atoms with E-state index in [2.05, 4.69) is 11.8 Å². The fraction of sp³-hybridized carbons (Fsp3) is 0.625. The van der Waals surface area contributed by atoms with Crippen molar-refractivity contribution in [1.29, 1.82) is 0 Å². The maximum atomic E-state index is 12.7. The highest BCUT2D eigenvalue weighted by atomic mass is 32.2. The van der Waals surface area contributed by atoms with Crippen LogP contribution < -0.4 is 0 Å². The predicted molar refractivity (Wildman–Crippen MR) is 86.7 cm³/mol. The van der Waals surface area contributed by atoms with Crippen LogP contribution in [0, 0.1) is 0 Å². The summed E-state index contributed by atoms with van der Waals surface area (Å²) >= 11 is 0. The summed E-state index contributed by atoms with van der Waals surface area (Å²) in [6.07, 6.45) is 0. The van der Waals surface area contributed by atoms with Crippen LogP contribution in [0.25, 0.3) is 0 Å². The van der Waals surface area contributed by atoms with Crippen molar-refractivity contribution in [2.45, 2.75) is 24.4 Å². The molecule has 1 aromatic rings. The van der Waals surface area contributed by atoms with E-state index in [1.165, 1.54) is 4.31 Å². The highest BCUT2D eigenvalue weighted by Crippen LogP contribution is 2.20. The fourth-order valence-corrected chi connectivity index (χ4v) is 4.45. The number of sulfonamides is 1. The van der Waals surface area contributed by atoms with Crippen LogP contribution in [0.3, 0.4) is 0 Å². The second kappa shape index (κ2) is 7.27. The number of hydrogen-bond donors (Lipinski definition) is 0. The highest BCUT2D eigenvalue weighted by Gasteiger charge is 2.27. The van der Waals surface area contributed by atoms with E-state index in [9.17, 15) is 8.42 Å². The molecule has 23 heavy (non-hydrogen) atoms. The Balaban J connectivity index is 1.76. The van der Waals surface area contributed by atoms with Gasteiger partial charge < -0.3 is 9.47 Å². The molecule has 1 aromatic carbocycles. The summed E-state index contributed by atoms with van der Waals surface area (Å²) in [5, 5.41) is 0. The normalized spacial score (nSPS) is 24.7. The average molecular weight is 340 g/mol. The summed E-state index contributed by atoms with van der Waals surface area (Å²) in [6.45, 7) is 6.99. The lowest BCUT2D eigenvalue weighted by molar-refractivity contribution is -0.00439. The Labute approximate surface area is 138 Å². The van der Waals surface area contributed by atoms with Crippen LogP contribution in [-0.2, 0) is 26.0 Å². The third kappa shape index (κ3) is 3.92. The number of ether oxygens (including phenoxy) is 2. The van der Waals surface area contributed by atoms with Gasteiger partial charge in [0.15, 0.2) is 0 Å². The molecule has 2 aliphatic heterocycles. The quantitative estimate of drug-likeness (QED) is 0.816. The largest absolute Gasteiger partial charge is 0.379 e. The summed E-state index contributed by atoms with van der Waals surface area (Å²) in [5.41, 5.74) is 1.02. The van der Waals surface area contributed by atoms with Gasteiger partial charge in [-0.3, -0.25) is 4.90 Å². The standard InChI is InChI=1S/C16H24N2O4S/c1-14-13-22-8-5-17(14)12-15-3-2-4-16(11-15)23(19,20)18-6-9-21-10-7-18/h2-4,11,14H,5-10,12-13H2,1H3/t14-/m0/s1. The van der Waals surface area contributed by atoms with Crippen LogP contribution in [0.4, 0.5) is 0 Å². The monoisotopic (exact) mass is 340 g/mol. The Morgan fingerprint density at radius 3 is 2.61 bits per heavy atom. The van der Waals surface area contributed by atoms with Crippen LogP contribution in [-0.4, -0.2) is 69.7 Å². The number of nitrogens with zero attached hydrogens (tertiary/aromatic N) is 2. The molecule has 2 fully saturated rings. The first kappa shape index (κ1) is 16.9. The van der Waals surface area contributed by atoms with Crippen molar-refractivity contribution >= 4 is 10.0 Å². The van der Waals surface area contributed by atoms with E-state index in [-0.39, 0.29) is 0 Å². The summed E-state index contributed by atoms with van der Waals surface area (Å²) in [7, 11) is -3.43. The Morgan fingerprint density at radius 1 is 1.13 bits per heavy atom. The molecular weight excluding hydrogens is 316 g/mol. The summed E-state index contributed by atoms with van der Waals surface area (Å²) in [4.78, 5) is 2.70. The van der Waals surface area contributed by atoms with Crippen LogP contribution >= 0.6 is 0 Å². The van der Waals surface area contributed by atoms with E-state index in [4.69, 9.17) is 9.47 Å². The summed E-state index contributed by atoms with van der Waals surface area (Å²) in [5.74, 6) is 0. The summed E-state index contributed by atoms with van der Waals surface area (Å²) < 4.78 is 37.7. The third-order valence-corrected chi connectivity index (χ3v) is 6.29. The van der Waals surface area contributed by atoms with E-state index in [0.717, 1.165) is 31.9 Å². The number of morpholine rings is 2. The molecular formula is C16H24N2O4S. The second-order valence-corrected chi connectivity index (χ2v) is 8.00. The van der Waals surface area contributed by atoms with Gasteiger partial charge in [0, 0.05) is 32.2 Å². The third-order valence-electron chi connectivity index (χ3n) is 4.40. The molecule has 3 rings (SSSR count). The SMILES string of the molecule is C[C@H]1COCCN1Cc1cccc(S(=O)(=O)N2CCOCC2)c1. The minimum absolute atomic E-state index is 0.350. The minimum Gasteiger partial charge on any atom is -0.379 e. The van der Waals surface area contributed by atoms with Crippen molar-refractivity contribution in [1.82, 2.24) is 9.21 Å². The molecule has 0 amide bonds. The Kier molecular flexibility index (Phi) is 5.33. The smallest absolute Gasteiger partial charge is 0.243 e. The molecule has 0 saturated carbocycles. The highest BCUT2D eigenvalue weighted by molar-refractivity contribution is 7.89. The average Bonchev–Trinajstić information content (AvgIpc) is 2.58. The first-order valence-electron chi connectivity index (χ1n) is 8.06. The van der Waals surface area contributed by atoms with Gasteiger partial charge in [-0.05, 0) is 24.6 Å². The molecule has 0 bridgehead atoms. The predicted octanol–water partition coefficient (Wildman–Crippen LogP) is 0.928. The fourth-order valence-electron chi connectivity index (χ4n) is 2.97. The molecule has 6 nitrogen and oxygen atoms in total. The van der Waals surface area contributed by atoms with Crippen molar-refractivity contribution in [3.63, 3.8) is 0 Å². The van der Waals surface area contributed by atoms with E-state index in [0.29, 0.717) is 37.2 Å². The van der Waals surface area contributed by atoms with Crippen LogP contribution in [0.5, 0.6) is 0 Å². The van der Waals surface area contributed by atoms with Gasteiger partial charge in [-0.25, -0.2) is 8.42 Å². The first-order chi connectivity index (χ1) is 11.1. The zero-order chi connectivity index (χ0) is 16.3. The van der Waals surface area contributed by atoms with Gasteiger partial charge in [-0.2, -0.15) is 4.31 Å². The van der Waals surface area contributed by atoms with Gasteiger partial charge in [0.25, 0.3) is 0 Å². The van der Waals surface area contributed by atoms with Gasteiger partial charge in [-0.1, -0.05) is 12.1 Å². The zero-order valence-corrected chi connectivity index (χ0v) is 14.3. The minimum atomic E-state index is -3.43. The van der Waals surface area contributed by atoms with E-state index in [1.807, 2.05) is 12.1 Å². The molecule has 0 aromatic heterocycles. The van der Waals surface area contributed by atoms with Crippen molar-refractivity contribution in [3.8, 4) is 0 Å². The topological polar surface area (TPSA) is 59.1 Å². The van der Waals surface area contributed by atoms with Crippen LogP contribution in [0.1, 0.15) is 12.5 Å². The van der Waals surface area contributed by atoms with Crippen molar-refractivity contribution in [2.75, 3.05) is 46.1 Å². The first-order valence-corrected chi connectivity index (χ1v) is 9.50. The van der Waals surface area contributed by atoms with Gasteiger partial charge in [0.05, 0.1) is 31.3 Å². The Morgan fingerprint density at radius 2 is 1.87 bits per heavy atom. The molecule has 7 heteroatoms. The van der Waals surface area contributed by atoms with Crippen molar-refractivity contribution < 1.29 is 17.9 Å². The second-order valence-electron chi connectivity index (χ2n) is 6.06. The number of hydrogen-bond acceptors (Lipinski definition) is 5. The molecule has 128 valence electrons. The van der Waals surface area contributed by atoms with Crippen LogP contribution in [0.2, 0.25) is 0 Å². The van der Waals surface area contributed by atoms with Gasteiger partial charge in [0.1, 0.15) is 0 Å². The van der Waals surface area contributed by atoms with E-state index < -0.39 is 10.0 Å². The van der Waals surface area contributed by atoms with E-state index >= 15 is 0 Å². The Hall–Kier alpha value is -0.990. The van der Waals surface area contributed by atoms with Crippen LogP contribution in [0.15, 0.2) is 29.2 Å². The molecule has 0 spiro atoms. The molecule has 2 heterocycles. The van der Waals surface area contributed by atoms with Crippen molar-refractivity contribution in [3.05, 3.63) is 29.8 Å². The zero-order valence-electron chi connectivity index (χ0n) is 13.5. The maximum Gasteiger partial charge on any atom is 0.243 e. The maximum absolute atomic E-state index is 12.7. The Bertz CT molecular complexity index is 629. The number of benzene rings is 1. The molecule has 2 saturated heterocycles. The van der Waals surface area contributed by atoms with E-state index in [1.54, 1.807) is 12.1 Å². The number of rotatable bonds is 4. The molecule has 0 aliphatic carbocycles.